The Morgan fingerprint density at radius 3 is 2.74 bits per heavy atom. The summed E-state index contributed by atoms with van der Waals surface area (Å²) in [5.74, 6) is -0.760. The Bertz CT molecular complexity index is 616. The summed E-state index contributed by atoms with van der Waals surface area (Å²) in [6.45, 7) is 0. The first-order valence-electron chi connectivity index (χ1n) is 5.64. The summed E-state index contributed by atoms with van der Waals surface area (Å²) in [6.07, 6.45) is 0.111. The summed E-state index contributed by atoms with van der Waals surface area (Å²) in [7, 11) is 0. The molecule has 0 radical (unpaired) electrons. The molecular formula is C14H12ClFN2O. The van der Waals surface area contributed by atoms with Crippen molar-refractivity contribution in [2.75, 3.05) is 11.1 Å². The molecule has 0 fully saturated rings. The van der Waals surface area contributed by atoms with E-state index in [2.05, 4.69) is 5.32 Å². The minimum Gasteiger partial charge on any atom is -0.398 e. The lowest BCUT2D eigenvalue weighted by atomic mass is 10.1. The second kappa shape index (κ2) is 5.71. The summed E-state index contributed by atoms with van der Waals surface area (Å²) in [5.41, 5.74) is 7.26. The molecule has 0 aliphatic heterocycles. The maximum Gasteiger partial charge on any atom is 0.228 e. The van der Waals surface area contributed by atoms with E-state index in [9.17, 15) is 9.18 Å². The Balaban J connectivity index is 2.10. The van der Waals surface area contributed by atoms with Gasteiger partial charge in [0.25, 0.3) is 0 Å². The number of carbonyl (C=O) groups excluding carboxylic acids is 1. The fraction of sp³-hybridized carbons (Fsp3) is 0.0714. The molecule has 1 amide bonds. The number of carbonyl (C=O) groups is 1. The smallest absolute Gasteiger partial charge is 0.228 e. The van der Waals surface area contributed by atoms with Gasteiger partial charge >= 0.3 is 0 Å². The van der Waals surface area contributed by atoms with Crippen molar-refractivity contribution in [2.45, 2.75) is 6.42 Å². The minimum absolute atomic E-state index is 0.111. The molecule has 0 bridgehead atoms. The highest BCUT2D eigenvalue weighted by Crippen LogP contribution is 2.22. The topological polar surface area (TPSA) is 55.1 Å². The fourth-order valence-electron chi connectivity index (χ4n) is 1.66. The Hall–Kier alpha value is -2.07. The van der Waals surface area contributed by atoms with Gasteiger partial charge < -0.3 is 11.1 Å². The number of amides is 1. The zero-order valence-electron chi connectivity index (χ0n) is 9.99. The van der Waals surface area contributed by atoms with Crippen molar-refractivity contribution >= 4 is 28.9 Å². The molecule has 0 heterocycles. The van der Waals surface area contributed by atoms with Crippen molar-refractivity contribution in [1.29, 1.82) is 0 Å². The van der Waals surface area contributed by atoms with Crippen LogP contribution in [-0.4, -0.2) is 5.91 Å². The second-order valence-corrected chi connectivity index (χ2v) is 4.46. The molecule has 5 heteroatoms. The molecule has 3 nitrogen and oxygen atoms in total. The number of nitrogens with two attached hydrogens (primary N) is 1. The van der Waals surface area contributed by atoms with Gasteiger partial charge in [0, 0.05) is 5.69 Å². The third kappa shape index (κ3) is 3.45. The van der Waals surface area contributed by atoms with Gasteiger partial charge in [0.2, 0.25) is 5.91 Å². The largest absolute Gasteiger partial charge is 0.398 e. The van der Waals surface area contributed by atoms with Gasteiger partial charge in [-0.2, -0.15) is 0 Å². The second-order valence-electron chi connectivity index (χ2n) is 4.05. The van der Waals surface area contributed by atoms with Gasteiger partial charge in [0.1, 0.15) is 5.82 Å². The molecule has 0 spiro atoms. The van der Waals surface area contributed by atoms with Crippen molar-refractivity contribution in [2.24, 2.45) is 0 Å². The van der Waals surface area contributed by atoms with E-state index < -0.39 is 5.82 Å². The number of hydrogen-bond acceptors (Lipinski definition) is 2. The van der Waals surface area contributed by atoms with Crippen LogP contribution in [0.25, 0.3) is 0 Å². The van der Waals surface area contributed by atoms with Crippen LogP contribution < -0.4 is 11.1 Å². The summed E-state index contributed by atoms with van der Waals surface area (Å²) in [5, 5.41) is 2.85. The zero-order valence-corrected chi connectivity index (χ0v) is 10.7. The fourth-order valence-corrected chi connectivity index (χ4v) is 1.82. The predicted molar refractivity (Wildman–Crippen MR) is 74.6 cm³/mol. The average molecular weight is 279 g/mol. The van der Waals surface area contributed by atoms with Gasteiger partial charge in [-0.1, -0.05) is 29.8 Å². The average Bonchev–Trinajstić information content (AvgIpc) is 2.37. The highest BCUT2D eigenvalue weighted by Gasteiger charge is 2.09. The summed E-state index contributed by atoms with van der Waals surface area (Å²) < 4.78 is 13.1. The lowest BCUT2D eigenvalue weighted by Crippen LogP contribution is -2.15. The molecule has 3 N–H and O–H groups in total. The first-order valence-corrected chi connectivity index (χ1v) is 6.02. The quantitative estimate of drug-likeness (QED) is 0.847. The number of rotatable bonds is 3. The van der Waals surface area contributed by atoms with E-state index in [1.54, 1.807) is 24.3 Å². The molecule has 0 unspecified atom stereocenters. The zero-order chi connectivity index (χ0) is 13.8. The van der Waals surface area contributed by atoms with Crippen molar-refractivity contribution in [1.82, 2.24) is 0 Å². The highest BCUT2D eigenvalue weighted by molar-refractivity contribution is 6.33. The van der Waals surface area contributed by atoms with Gasteiger partial charge in [-0.3, -0.25) is 4.79 Å². The number of nitrogen functional groups attached to an aromatic ring is 1. The molecule has 0 aromatic heterocycles. The maximum atomic E-state index is 13.1. The molecule has 2 aromatic rings. The SMILES string of the molecule is Nc1ccccc1CC(=O)Nc1cc(F)ccc1Cl. The van der Waals surface area contributed by atoms with Gasteiger partial charge in [0.15, 0.2) is 0 Å². The normalized spacial score (nSPS) is 10.2. The number of benzene rings is 2. The molecule has 19 heavy (non-hydrogen) atoms. The third-order valence-electron chi connectivity index (χ3n) is 2.61. The van der Waals surface area contributed by atoms with Gasteiger partial charge in [0.05, 0.1) is 17.1 Å². The number of halogens is 2. The molecule has 98 valence electrons. The van der Waals surface area contributed by atoms with Crippen LogP contribution in [0.5, 0.6) is 0 Å². The van der Waals surface area contributed by atoms with Gasteiger partial charge in [-0.05, 0) is 29.8 Å². The van der Waals surface area contributed by atoms with Crippen LogP contribution in [0.2, 0.25) is 5.02 Å². The van der Waals surface area contributed by atoms with E-state index in [-0.39, 0.29) is 23.0 Å². The van der Waals surface area contributed by atoms with Crippen molar-refractivity contribution in [3.8, 4) is 0 Å². The van der Waals surface area contributed by atoms with Crippen LogP contribution in [0.4, 0.5) is 15.8 Å². The molecule has 0 atom stereocenters. The Morgan fingerprint density at radius 2 is 2.00 bits per heavy atom. The molecule has 0 aliphatic carbocycles. The summed E-state index contributed by atoms with van der Waals surface area (Å²) in [4.78, 5) is 11.8. The van der Waals surface area contributed by atoms with Crippen molar-refractivity contribution in [3.63, 3.8) is 0 Å². The van der Waals surface area contributed by atoms with E-state index in [4.69, 9.17) is 17.3 Å². The van der Waals surface area contributed by atoms with Crippen LogP contribution in [0, 0.1) is 5.82 Å². The number of hydrogen-bond donors (Lipinski definition) is 2. The highest BCUT2D eigenvalue weighted by atomic mass is 35.5. The van der Waals surface area contributed by atoms with E-state index in [0.717, 1.165) is 0 Å². The summed E-state index contributed by atoms with van der Waals surface area (Å²) >= 11 is 5.87. The number of anilines is 2. The van der Waals surface area contributed by atoms with Crippen molar-refractivity contribution in [3.05, 3.63) is 58.9 Å². The number of nitrogens with one attached hydrogen (secondary N) is 1. The van der Waals surface area contributed by atoms with Crippen LogP contribution in [-0.2, 0) is 11.2 Å². The van der Waals surface area contributed by atoms with Crippen LogP contribution in [0.1, 0.15) is 5.56 Å². The first-order chi connectivity index (χ1) is 9.06. The van der Waals surface area contributed by atoms with E-state index in [0.29, 0.717) is 11.3 Å². The lowest BCUT2D eigenvalue weighted by Gasteiger charge is -2.08. The van der Waals surface area contributed by atoms with Crippen molar-refractivity contribution < 1.29 is 9.18 Å². The third-order valence-corrected chi connectivity index (χ3v) is 2.94. The Kier molecular flexibility index (Phi) is 4.02. The lowest BCUT2D eigenvalue weighted by molar-refractivity contribution is -0.115. The molecule has 0 saturated carbocycles. The molecule has 2 rings (SSSR count). The molecular weight excluding hydrogens is 267 g/mol. The predicted octanol–water partition coefficient (Wildman–Crippen LogP) is 3.24. The van der Waals surface area contributed by atoms with Crippen LogP contribution in [0.15, 0.2) is 42.5 Å². The maximum absolute atomic E-state index is 13.1. The molecule has 2 aromatic carbocycles. The molecule has 0 saturated heterocycles. The van der Waals surface area contributed by atoms with Gasteiger partial charge in [-0.25, -0.2) is 4.39 Å². The standard InChI is InChI=1S/C14H12ClFN2O/c15-11-6-5-10(16)8-13(11)18-14(19)7-9-3-1-2-4-12(9)17/h1-6,8H,7,17H2,(H,18,19). The van der Waals surface area contributed by atoms with Crippen LogP contribution in [0.3, 0.4) is 0 Å². The minimum atomic E-state index is -0.459. The van der Waals surface area contributed by atoms with Gasteiger partial charge in [-0.15, -0.1) is 0 Å². The van der Waals surface area contributed by atoms with E-state index in [1.807, 2.05) is 0 Å². The Morgan fingerprint density at radius 1 is 1.26 bits per heavy atom. The Labute approximate surface area is 115 Å². The summed E-state index contributed by atoms with van der Waals surface area (Å²) in [6, 6.07) is 10.9. The van der Waals surface area contributed by atoms with E-state index >= 15 is 0 Å². The molecule has 0 aliphatic rings. The number of para-hydroxylation sites is 1. The monoisotopic (exact) mass is 278 g/mol. The van der Waals surface area contributed by atoms with Crippen LogP contribution >= 0.6 is 11.6 Å². The van der Waals surface area contributed by atoms with E-state index in [1.165, 1.54) is 18.2 Å². The first kappa shape index (κ1) is 13.4.